The fourth-order valence-electron chi connectivity index (χ4n) is 3.51. The van der Waals surface area contributed by atoms with Crippen LogP contribution < -0.4 is 5.32 Å². The minimum Gasteiger partial charge on any atom is -0.469 e. The van der Waals surface area contributed by atoms with Crippen LogP contribution in [0.4, 0.5) is 0 Å². The fourth-order valence-corrected chi connectivity index (χ4v) is 3.51. The maximum absolute atomic E-state index is 12.0. The summed E-state index contributed by atoms with van der Waals surface area (Å²) in [6, 6.07) is -0.980. The number of carbonyl (C=O) groups is 3. The van der Waals surface area contributed by atoms with Crippen molar-refractivity contribution in [2.75, 3.05) is 14.2 Å². The number of nitrogens with one attached hydrogen (secondary N) is 1. The van der Waals surface area contributed by atoms with Crippen LogP contribution in [-0.4, -0.2) is 38.1 Å². The molecule has 1 atom stereocenters. The average Bonchev–Trinajstić information content (AvgIpc) is 2.75. The molecule has 0 saturated carbocycles. The Kier molecular flexibility index (Phi) is 19.6. The standard InChI is InChI=1S/C24H45NO5/c1-4-5-6-7-8-9-10-11-12-13-14-15-16-17-18-19-22(26)25-21(24(28)30-3)20-23(27)29-2/h21H,4-20H2,1-3H3,(H,25,26). The minimum atomic E-state index is -0.980. The van der Waals surface area contributed by atoms with Gasteiger partial charge in [0.2, 0.25) is 5.91 Å². The van der Waals surface area contributed by atoms with Crippen molar-refractivity contribution in [3.63, 3.8) is 0 Å². The number of hydrogen-bond acceptors (Lipinski definition) is 5. The number of esters is 2. The van der Waals surface area contributed by atoms with Gasteiger partial charge in [-0.2, -0.15) is 0 Å². The molecule has 30 heavy (non-hydrogen) atoms. The molecule has 0 aromatic carbocycles. The van der Waals surface area contributed by atoms with Gasteiger partial charge < -0.3 is 14.8 Å². The molecule has 1 unspecified atom stereocenters. The third-order valence-corrected chi connectivity index (χ3v) is 5.43. The van der Waals surface area contributed by atoms with Crippen molar-refractivity contribution < 1.29 is 23.9 Å². The molecule has 0 aliphatic heterocycles. The van der Waals surface area contributed by atoms with Gasteiger partial charge in [0.05, 0.1) is 20.6 Å². The summed E-state index contributed by atoms with van der Waals surface area (Å²) >= 11 is 0. The molecule has 0 rings (SSSR count). The highest BCUT2D eigenvalue weighted by Gasteiger charge is 2.24. The molecule has 1 amide bonds. The summed E-state index contributed by atoms with van der Waals surface area (Å²) in [7, 11) is 2.47. The number of methoxy groups -OCH3 is 2. The van der Waals surface area contributed by atoms with Crippen molar-refractivity contribution in [1.29, 1.82) is 0 Å². The highest BCUT2D eigenvalue weighted by molar-refractivity contribution is 5.87. The lowest BCUT2D eigenvalue weighted by molar-refractivity contribution is -0.150. The molecule has 0 aliphatic carbocycles. The Hall–Kier alpha value is -1.59. The Balaban J connectivity index is 3.57. The lowest BCUT2D eigenvalue weighted by Gasteiger charge is -2.15. The lowest BCUT2D eigenvalue weighted by Crippen LogP contribution is -2.43. The monoisotopic (exact) mass is 427 g/mol. The van der Waals surface area contributed by atoms with Gasteiger partial charge in [-0.05, 0) is 6.42 Å². The van der Waals surface area contributed by atoms with Crippen LogP contribution in [0, 0.1) is 0 Å². The van der Waals surface area contributed by atoms with E-state index >= 15 is 0 Å². The number of ether oxygens (including phenoxy) is 2. The molecule has 0 saturated heterocycles. The summed E-state index contributed by atoms with van der Waals surface area (Å²) in [6.07, 6.45) is 19.2. The summed E-state index contributed by atoms with van der Waals surface area (Å²) in [5.74, 6) is -1.42. The molecule has 6 heteroatoms. The molecule has 0 fully saturated rings. The number of carbonyl (C=O) groups excluding carboxylic acids is 3. The first-order chi connectivity index (χ1) is 14.5. The molecule has 0 heterocycles. The number of amides is 1. The van der Waals surface area contributed by atoms with Crippen LogP contribution in [0.1, 0.15) is 116 Å². The molecule has 0 bridgehead atoms. The predicted octanol–water partition coefficient (Wildman–Crippen LogP) is 5.47. The van der Waals surface area contributed by atoms with E-state index in [-0.39, 0.29) is 12.3 Å². The molecule has 6 nitrogen and oxygen atoms in total. The summed E-state index contributed by atoms with van der Waals surface area (Å²) in [4.78, 5) is 35.0. The summed E-state index contributed by atoms with van der Waals surface area (Å²) in [6.45, 7) is 2.26. The molecule has 0 aromatic rings. The van der Waals surface area contributed by atoms with Crippen LogP contribution in [0.25, 0.3) is 0 Å². The highest BCUT2D eigenvalue weighted by atomic mass is 16.5. The SMILES string of the molecule is CCCCCCCCCCCCCCCCCC(=O)NC(CC(=O)OC)C(=O)OC. The third kappa shape index (κ3) is 17.3. The summed E-state index contributed by atoms with van der Waals surface area (Å²) in [5.41, 5.74) is 0. The van der Waals surface area contributed by atoms with Crippen LogP contribution in [-0.2, 0) is 23.9 Å². The maximum atomic E-state index is 12.0. The van der Waals surface area contributed by atoms with Gasteiger partial charge in [-0.25, -0.2) is 4.79 Å². The predicted molar refractivity (Wildman–Crippen MR) is 120 cm³/mol. The van der Waals surface area contributed by atoms with Crippen molar-refractivity contribution in [2.45, 2.75) is 122 Å². The van der Waals surface area contributed by atoms with E-state index in [1.54, 1.807) is 0 Å². The Bertz CT molecular complexity index is 453. The van der Waals surface area contributed by atoms with Gasteiger partial charge in [0.1, 0.15) is 6.04 Å². The normalized spacial score (nSPS) is 11.7. The van der Waals surface area contributed by atoms with Crippen molar-refractivity contribution in [1.82, 2.24) is 5.32 Å². The highest BCUT2D eigenvalue weighted by Crippen LogP contribution is 2.13. The zero-order chi connectivity index (χ0) is 22.5. The van der Waals surface area contributed by atoms with E-state index in [1.807, 2.05) is 0 Å². The van der Waals surface area contributed by atoms with Gasteiger partial charge in [0.15, 0.2) is 0 Å². The largest absolute Gasteiger partial charge is 0.469 e. The van der Waals surface area contributed by atoms with Crippen molar-refractivity contribution in [3.8, 4) is 0 Å². The van der Waals surface area contributed by atoms with Gasteiger partial charge >= 0.3 is 11.9 Å². The molecule has 1 N–H and O–H groups in total. The minimum absolute atomic E-state index is 0.215. The Labute approximate surface area is 183 Å². The van der Waals surface area contributed by atoms with Crippen molar-refractivity contribution >= 4 is 17.8 Å². The van der Waals surface area contributed by atoms with Crippen LogP contribution >= 0.6 is 0 Å². The molecule has 0 aliphatic rings. The van der Waals surface area contributed by atoms with Crippen LogP contribution in [0.5, 0.6) is 0 Å². The van der Waals surface area contributed by atoms with Crippen molar-refractivity contribution in [2.24, 2.45) is 0 Å². The van der Waals surface area contributed by atoms with Gasteiger partial charge in [0.25, 0.3) is 0 Å². The fraction of sp³-hybridized carbons (Fsp3) is 0.875. The lowest BCUT2D eigenvalue weighted by atomic mass is 10.0. The van der Waals surface area contributed by atoms with E-state index in [0.717, 1.165) is 19.3 Å². The van der Waals surface area contributed by atoms with Crippen LogP contribution in [0.2, 0.25) is 0 Å². The van der Waals surface area contributed by atoms with Gasteiger partial charge in [-0.1, -0.05) is 96.8 Å². The molecule has 0 aromatic heterocycles. The smallest absolute Gasteiger partial charge is 0.328 e. The first-order valence-electron chi connectivity index (χ1n) is 12.0. The van der Waals surface area contributed by atoms with E-state index in [0.29, 0.717) is 6.42 Å². The summed E-state index contributed by atoms with van der Waals surface area (Å²) < 4.78 is 9.18. The van der Waals surface area contributed by atoms with E-state index in [2.05, 4.69) is 21.7 Å². The summed E-state index contributed by atoms with van der Waals surface area (Å²) in [5, 5.41) is 2.57. The van der Waals surface area contributed by atoms with Gasteiger partial charge in [-0.3, -0.25) is 9.59 Å². The molecule has 176 valence electrons. The second kappa shape index (κ2) is 20.7. The third-order valence-electron chi connectivity index (χ3n) is 5.43. The maximum Gasteiger partial charge on any atom is 0.328 e. The van der Waals surface area contributed by atoms with Crippen LogP contribution in [0.3, 0.4) is 0 Å². The molecule has 0 radical (unpaired) electrons. The van der Waals surface area contributed by atoms with Gasteiger partial charge in [0, 0.05) is 6.42 Å². The molecular formula is C24H45NO5. The Morgan fingerprint density at radius 2 is 1.10 bits per heavy atom. The quantitative estimate of drug-likeness (QED) is 0.206. The van der Waals surface area contributed by atoms with Crippen LogP contribution in [0.15, 0.2) is 0 Å². The first kappa shape index (κ1) is 28.4. The van der Waals surface area contributed by atoms with E-state index in [4.69, 9.17) is 0 Å². The van der Waals surface area contributed by atoms with Crippen molar-refractivity contribution in [3.05, 3.63) is 0 Å². The molecule has 0 spiro atoms. The van der Waals surface area contributed by atoms with E-state index < -0.39 is 18.0 Å². The second-order valence-corrected chi connectivity index (χ2v) is 8.12. The topological polar surface area (TPSA) is 81.7 Å². The zero-order valence-electron chi connectivity index (χ0n) is 19.6. The van der Waals surface area contributed by atoms with Gasteiger partial charge in [-0.15, -0.1) is 0 Å². The number of rotatable bonds is 20. The van der Waals surface area contributed by atoms with E-state index in [9.17, 15) is 14.4 Å². The number of unbranched alkanes of at least 4 members (excludes halogenated alkanes) is 14. The number of hydrogen-bond donors (Lipinski definition) is 1. The molecular weight excluding hydrogens is 382 g/mol. The second-order valence-electron chi connectivity index (χ2n) is 8.12. The zero-order valence-corrected chi connectivity index (χ0v) is 19.6. The first-order valence-corrected chi connectivity index (χ1v) is 12.0. The Morgan fingerprint density at radius 1 is 0.667 bits per heavy atom. The van der Waals surface area contributed by atoms with E-state index in [1.165, 1.54) is 91.3 Å². The Morgan fingerprint density at radius 3 is 1.50 bits per heavy atom. The average molecular weight is 428 g/mol.